The molecule has 9 heteroatoms. The van der Waals surface area contributed by atoms with E-state index in [1.807, 2.05) is 25.1 Å². The maximum absolute atomic E-state index is 11.4. The first-order valence-corrected chi connectivity index (χ1v) is 30.4. The molecule has 0 aromatic heterocycles. The minimum absolute atomic E-state index is 0.0697. The number of carbonyl (C=O) groups excluding carboxylic acids is 1. The molecule has 9 nitrogen and oxygen atoms in total. The average molecular weight is 1090 g/mol. The van der Waals surface area contributed by atoms with Gasteiger partial charge in [0.15, 0.2) is 0 Å². The predicted octanol–water partition coefficient (Wildman–Crippen LogP) is 16.8. The van der Waals surface area contributed by atoms with Crippen molar-refractivity contribution in [3.8, 4) is 11.5 Å². The quantitative estimate of drug-likeness (QED) is 0.0271. The highest BCUT2D eigenvalue weighted by Crippen LogP contribution is 2.43. The average Bonchev–Trinajstić information content (AvgIpc) is 3.88. The molecular weight excluding hydrogens is 985 g/mol. The van der Waals surface area contributed by atoms with Crippen molar-refractivity contribution in [3.63, 3.8) is 0 Å². The van der Waals surface area contributed by atoms with Gasteiger partial charge in [0, 0.05) is 23.7 Å². The molecule has 1 fully saturated rings. The number of ether oxygens (including phenoxy) is 3. The lowest BCUT2D eigenvalue weighted by Crippen LogP contribution is -2.26. The number of carboxylic acid groups (broad SMARTS) is 1. The van der Waals surface area contributed by atoms with Crippen LogP contribution in [-0.4, -0.2) is 69.0 Å². The molecule has 2 unspecified atom stereocenters. The summed E-state index contributed by atoms with van der Waals surface area (Å²) < 4.78 is 17.2. The minimum atomic E-state index is -0.922. The van der Waals surface area contributed by atoms with Crippen LogP contribution in [0.3, 0.4) is 0 Å². The smallest absolute Gasteiger partial charge is 0.306 e. The van der Waals surface area contributed by atoms with E-state index >= 15 is 0 Å². The minimum Gasteiger partial charge on any atom is -0.491 e. The molecule has 0 aliphatic carbocycles. The SMILES string of the molecule is CCCCCCC(O)(/C=C/c1ccc(C(CC)(CC)c2ccc(OC[C@@H](O)CCC(=O)O)c(C)c2)cc1C)CC.CCCCCCC(O)(/C=C/c1ccc(C(CC)(CC)c2ccc(OC[C@@H]3CCC(=O)O3)c(C)c2)cc1C)CC. The molecule has 79 heavy (non-hydrogen) atoms. The zero-order valence-electron chi connectivity index (χ0n) is 50.8. The number of rotatable bonds is 33. The van der Waals surface area contributed by atoms with Crippen LogP contribution in [0.15, 0.2) is 84.9 Å². The molecular formula is C70H102O9. The topological polar surface area (TPSA) is 143 Å². The number of aliphatic hydroxyl groups excluding tert-OH is 1. The van der Waals surface area contributed by atoms with Crippen molar-refractivity contribution in [3.05, 3.63) is 141 Å². The molecule has 4 aromatic rings. The second-order valence-electron chi connectivity index (χ2n) is 22.7. The van der Waals surface area contributed by atoms with Gasteiger partial charge in [0.25, 0.3) is 0 Å². The third-order valence-corrected chi connectivity index (χ3v) is 17.3. The lowest BCUT2D eigenvalue weighted by Gasteiger charge is -2.34. The van der Waals surface area contributed by atoms with E-state index in [0.29, 0.717) is 25.2 Å². The van der Waals surface area contributed by atoms with E-state index in [4.69, 9.17) is 19.3 Å². The summed E-state index contributed by atoms with van der Waals surface area (Å²) in [4.78, 5) is 22.1. The Morgan fingerprint density at radius 1 is 0.595 bits per heavy atom. The molecule has 0 bridgehead atoms. The first-order chi connectivity index (χ1) is 37.7. The van der Waals surface area contributed by atoms with E-state index in [1.54, 1.807) is 0 Å². The van der Waals surface area contributed by atoms with Crippen LogP contribution in [0, 0.1) is 27.7 Å². The number of carboxylic acids is 1. The Kier molecular flexibility index (Phi) is 27.1. The van der Waals surface area contributed by atoms with E-state index in [0.717, 1.165) is 98.6 Å². The molecule has 5 rings (SSSR count). The second kappa shape index (κ2) is 32.3. The van der Waals surface area contributed by atoms with E-state index < -0.39 is 23.3 Å². The van der Waals surface area contributed by atoms with Crippen LogP contribution in [0.1, 0.15) is 239 Å². The fraction of sp³-hybridized carbons (Fsp3) is 0.571. The van der Waals surface area contributed by atoms with Gasteiger partial charge in [0.1, 0.15) is 30.8 Å². The fourth-order valence-corrected chi connectivity index (χ4v) is 11.4. The maximum atomic E-state index is 11.4. The van der Waals surface area contributed by atoms with Gasteiger partial charge in [-0.05, 0) is 160 Å². The van der Waals surface area contributed by atoms with Crippen LogP contribution in [0.5, 0.6) is 11.5 Å². The number of cyclic esters (lactones) is 1. The molecule has 1 aliphatic rings. The molecule has 1 saturated heterocycles. The Hall–Kier alpha value is -5.22. The van der Waals surface area contributed by atoms with Crippen LogP contribution in [0.2, 0.25) is 0 Å². The summed E-state index contributed by atoms with van der Waals surface area (Å²) in [5.41, 5.74) is 10.1. The largest absolute Gasteiger partial charge is 0.491 e. The molecule has 0 radical (unpaired) electrons. The van der Waals surface area contributed by atoms with Crippen LogP contribution >= 0.6 is 0 Å². The number of carbonyl (C=O) groups is 2. The third-order valence-electron chi connectivity index (χ3n) is 17.3. The molecule has 0 spiro atoms. The lowest BCUT2D eigenvalue weighted by molar-refractivity contribution is -0.142. The second-order valence-corrected chi connectivity index (χ2v) is 22.7. The van der Waals surface area contributed by atoms with Crippen molar-refractivity contribution in [2.75, 3.05) is 13.2 Å². The van der Waals surface area contributed by atoms with Gasteiger partial charge in [0.2, 0.25) is 0 Å². The molecule has 0 amide bonds. The summed E-state index contributed by atoms with van der Waals surface area (Å²) in [7, 11) is 0. The summed E-state index contributed by atoms with van der Waals surface area (Å²) >= 11 is 0. The first-order valence-electron chi connectivity index (χ1n) is 30.4. The summed E-state index contributed by atoms with van der Waals surface area (Å²) in [6, 6.07) is 26.3. The highest BCUT2D eigenvalue weighted by atomic mass is 16.6. The number of benzene rings is 4. The number of unbranched alkanes of at least 4 members (excludes halogenated alkanes) is 6. The van der Waals surface area contributed by atoms with Gasteiger partial charge in [-0.2, -0.15) is 0 Å². The van der Waals surface area contributed by atoms with E-state index in [1.165, 1.54) is 65.5 Å². The van der Waals surface area contributed by atoms with Crippen LogP contribution in [0.4, 0.5) is 0 Å². The standard InChI is InChI=1S/C35H52O5.C35H50O4/c1-7-11-12-13-21-34(39,8-2)22-20-28-14-15-29(23-26(28)5)35(9-3,10-4)30-16-18-32(27(6)24-30)40-25-31(36)17-19-33(37)38;1-7-11-12-13-21-34(37,8-2)22-20-28-14-15-29(23-26(28)5)35(9-3,10-4)30-16-18-32(27(6)24-30)38-25-31-17-19-33(36)39-31/h14-16,18,20,22-24,31,36,39H,7-13,17,19,21,25H2,1-6H3,(H,37,38);14-16,18,20,22-24,31,37H,7-13,17,19,21,25H2,1-6H3/b2*22-20+/t2*31-,34?/m00/s1. The highest BCUT2D eigenvalue weighted by molar-refractivity contribution is 5.71. The van der Waals surface area contributed by atoms with Gasteiger partial charge >= 0.3 is 11.9 Å². The van der Waals surface area contributed by atoms with Crippen LogP contribution < -0.4 is 9.47 Å². The van der Waals surface area contributed by atoms with Crippen molar-refractivity contribution in [2.45, 2.75) is 246 Å². The molecule has 1 heterocycles. The number of esters is 1. The summed E-state index contributed by atoms with van der Waals surface area (Å²) in [5, 5.41) is 41.1. The zero-order chi connectivity index (χ0) is 58.2. The third kappa shape index (κ3) is 18.9. The van der Waals surface area contributed by atoms with Crippen molar-refractivity contribution in [1.82, 2.24) is 0 Å². The Bertz CT molecular complexity index is 2570. The Balaban J connectivity index is 0.000000341. The fourth-order valence-electron chi connectivity index (χ4n) is 11.4. The van der Waals surface area contributed by atoms with Gasteiger partial charge in [-0.3, -0.25) is 9.59 Å². The van der Waals surface area contributed by atoms with E-state index in [9.17, 15) is 24.9 Å². The van der Waals surface area contributed by atoms with Crippen molar-refractivity contribution in [1.29, 1.82) is 0 Å². The number of aryl methyl sites for hydroxylation is 4. The van der Waals surface area contributed by atoms with Gasteiger partial charge in [0.05, 0.1) is 17.3 Å². The highest BCUT2D eigenvalue weighted by Gasteiger charge is 2.34. The van der Waals surface area contributed by atoms with Crippen molar-refractivity contribution >= 4 is 24.1 Å². The monoisotopic (exact) mass is 1090 g/mol. The first kappa shape index (κ1) is 66.3. The Morgan fingerprint density at radius 3 is 1.37 bits per heavy atom. The number of hydrogen-bond donors (Lipinski definition) is 4. The number of hydrogen-bond acceptors (Lipinski definition) is 8. The Labute approximate surface area is 477 Å². The van der Waals surface area contributed by atoms with Crippen LogP contribution in [-0.2, 0) is 25.2 Å². The van der Waals surface area contributed by atoms with E-state index in [2.05, 4.69) is 155 Å². The van der Waals surface area contributed by atoms with Gasteiger partial charge < -0.3 is 34.6 Å². The lowest BCUT2D eigenvalue weighted by atomic mass is 9.70. The van der Waals surface area contributed by atoms with Crippen molar-refractivity contribution < 1.29 is 44.2 Å². The Morgan fingerprint density at radius 2 is 1.01 bits per heavy atom. The van der Waals surface area contributed by atoms with E-state index in [-0.39, 0.29) is 42.4 Å². The molecule has 1 aliphatic heterocycles. The molecule has 436 valence electrons. The molecule has 4 N–H and O–H groups in total. The molecule has 0 saturated carbocycles. The predicted molar refractivity (Wildman–Crippen MR) is 326 cm³/mol. The zero-order valence-corrected chi connectivity index (χ0v) is 50.8. The van der Waals surface area contributed by atoms with Gasteiger partial charge in [-0.25, -0.2) is 0 Å². The normalized spacial score (nSPS) is 15.8. The van der Waals surface area contributed by atoms with Crippen molar-refractivity contribution in [2.24, 2.45) is 0 Å². The van der Waals surface area contributed by atoms with Gasteiger partial charge in [-0.1, -0.05) is 192 Å². The summed E-state index contributed by atoms with van der Waals surface area (Å²) in [6.07, 6.45) is 24.8. The summed E-state index contributed by atoms with van der Waals surface area (Å²) in [5.74, 6) is 0.493. The van der Waals surface area contributed by atoms with Crippen LogP contribution in [0.25, 0.3) is 12.2 Å². The maximum Gasteiger partial charge on any atom is 0.306 e. The molecule has 4 atom stereocenters. The summed E-state index contributed by atoms with van der Waals surface area (Å²) in [6.45, 7) is 26.4. The number of aliphatic carboxylic acids is 1. The van der Waals surface area contributed by atoms with Gasteiger partial charge in [-0.15, -0.1) is 0 Å². The molecule has 4 aromatic carbocycles. The number of aliphatic hydroxyl groups is 3.